The van der Waals surface area contributed by atoms with E-state index in [1.54, 1.807) is 24.3 Å². The average Bonchev–Trinajstić information content (AvgIpc) is 3.06. The first-order valence-corrected chi connectivity index (χ1v) is 9.11. The Morgan fingerprint density at radius 1 is 1.16 bits per heavy atom. The number of benzene rings is 1. The van der Waals surface area contributed by atoms with Crippen molar-refractivity contribution >= 4 is 11.8 Å². The largest absolute Gasteiger partial charge is 0.377 e. The Morgan fingerprint density at radius 2 is 1.80 bits per heavy atom. The Labute approximate surface area is 150 Å². The van der Waals surface area contributed by atoms with Gasteiger partial charge in [0.25, 0.3) is 11.8 Å². The molecular formula is C20H30N2O3. The zero-order valence-corrected chi connectivity index (χ0v) is 15.7. The van der Waals surface area contributed by atoms with E-state index in [0.717, 1.165) is 19.4 Å². The van der Waals surface area contributed by atoms with Gasteiger partial charge < -0.3 is 15.4 Å². The molecule has 1 aromatic rings. The van der Waals surface area contributed by atoms with Crippen LogP contribution in [-0.2, 0) is 4.74 Å². The zero-order chi connectivity index (χ0) is 18.4. The molecule has 1 aromatic carbocycles. The third-order valence-corrected chi connectivity index (χ3v) is 4.52. The number of ether oxygens (including phenoxy) is 1. The summed E-state index contributed by atoms with van der Waals surface area (Å²) in [6.45, 7) is 10.5. The van der Waals surface area contributed by atoms with Gasteiger partial charge in [0.2, 0.25) is 0 Å². The van der Waals surface area contributed by atoms with Gasteiger partial charge in [-0.25, -0.2) is 0 Å². The Kier molecular flexibility index (Phi) is 6.59. The van der Waals surface area contributed by atoms with Crippen molar-refractivity contribution in [3.63, 3.8) is 0 Å². The van der Waals surface area contributed by atoms with Gasteiger partial charge in [0.1, 0.15) is 0 Å². The molecule has 25 heavy (non-hydrogen) atoms. The number of hydrogen-bond donors (Lipinski definition) is 2. The summed E-state index contributed by atoms with van der Waals surface area (Å²) in [5, 5.41) is 5.83. The second-order valence-electron chi connectivity index (χ2n) is 7.75. The Hall–Kier alpha value is -1.88. The van der Waals surface area contributed by atoms with Gasteiger partial charge in [-0.3, -0.25) is 9.59 Å². The standard InChI is InChI=1S/C20H30N2O3/c1-5-10-21-18(23)14-7-6-8-15(12-14)19(24)22-13-16-9-11-25-17(16)20(2,3)4/h6-8,12,16-17H,5,9-11,13H2,1-4H3,(H,21,23)(H,22,24)/t16-,17-/m1/s1. The van der Waals surface area contributed by atoms with Gasteiger partial charge in [-0.2, -0.15) is 0 Å². The van der Waals surface area contributed by atoms with Crippen LogP contribution in [-0.4, -0.2) is 37.6 Å². The predicted octanol–water partition coefficient (Wildman–Crippen LogP) is 3.01. The lowest BCUT2D eigenvalue weighted by Crippen LogP contribution is -2.38. The van der Waals surface area contributed by atoms with E-state index in [0.29, 0.717) is 30.1 Å². The lowest BCUT2D eigenvalue weighted by atomic mass is 9.81. The second kappa shape index (κ2) is 8.48. The first-order valence-electron chi connectivity index (χ1n) is 9.11. The lowest BCUT2D eigenvalue weighted by molar-refractivity contribution is 0.00737. The van der Waals surface area contributed by atoms with Crippen LogP contribution < -0.4 is 10.6 Å². The predicted molar refractivity (Wildman–Crippen MR) is 98.7 cm³/mol. The zero-order valence-electron chi connectivity index (χ0n) is 15.7. The lowest BCUT2D eigenvalue weighted by Gasteiger charge is -2.31. The van der Waals surface area contributed by atoms with Crippen LogP contribution >= 0.6 is 0 Å². The van der Waals surface area contributed by atoms with Crippen LogP contribution in [0.1, 0.15) is 61.3 Å². The smallest absolute Gasteiger partial charge is 0.251 e. The van der Waals surface area contributed by atoms with Crippen LogP contribution in [0.25, 0.3) is 0 Å². The van der Waals surface area contributed by atoms with Crippen molar-refractivity contribution in [3.8, 4) is 0 Å². The number of amides is 2. The SMILES string of the molecule is CCCNC(=O)c1cccc(C(=O)NC[C@H]2CCO[C@H]2C(C)(C)C)c1. The first kappa shape index (κ1) is 19.4. The molecule has 2 rings (SSSR count). The van der Waals surface area contributed by atoms with E-state index in [2.05, 4.69) is 31.4 Å². The van der Waals surface area contributed by atoms with Crippen LogP contribution in [0.15, 0.2) is 24.3 Å². The van der Waals surface area contributed by atoms with Gasteiger partial charge >= 0.3 is 0 Å². The molecule has 2 N–H and O–H groups in total. The van der Waals surface area contributed by atoms with E-state index in [-0.39, 0.29) is 23.3 Å². The number of carbonyl (C=O) groups is 2. The van der Waals surface area contributed by atoms with E-state index < -0.39 is 0 Å². The highest BCUT2D eigenvalue weighted by atomic mass is 16.5. The number of hydrogen-bond acceptors (Lipinski definition) is 3. The maximum absolute atomic E-state index is 12.5. The van der Waals surface area contributed by atoms with Crippen molar-refractivity contribution in [2.45, 2.75) is 46.6 Å². The summed E-state index contributed by atoms with van der Waals surface area (Å²) < 4.78 is 5.85. The molecule has 1 fully saturated rings. The fourth-order valence-electron chi connectivity index (χ4n) is 3.27. The topological polar surface area (TPSA) is 67.4 Å². The summed E-state index contributed by atoms with van der Waals surface area (Å²) >= 11 is 0. The minimum atomic E-state index is -0.148. The van der Waals surface area contributed by atoms with E-state index in [9.17, 15) is 9.59 Å². The molecule has 0 aromatic heterocycles. The van der Waals surface area contributed by atoms with Crippen molar-refractivity contribution in [2.75, 3.05) is 19.7 Å². The Morgan fingerprint density at radius 3 is 2.40 bits per heavy atom. The third-order valence-electron chi connectivity index (χ3n) is 4.52. The highest BCUT2D eigenvalue weighted by Crippen LogP contribution is 2.34. The maximum Gasteiger partial charge on any atom is 0.251 e. The fourth-order valence-corrected chi connectivity index (χ4v) is 3.27. The van der Waals surface area contributed by atoms with Gasteiger partial charge in [0.05, 0.1) is 6.10 Å². The summed E-state index contributed by atoms with van der Waals surface area (Å²) in [6, 6.07) is 6.85. The van der Waals surface area contributed by atoms with Gasteiger partial charge in [-0.05, 0) is 36.5 Å². The molecule has 2 atom stereocenters. The van der Waals surface area contributed by atoms with Crippen molar-refractivity contribution in [3.05, 3.63) is 35.4 Å². The summed E-state index contributed by atoms with van der Waals surface area (Å²) in [4.78, 5) is 24.5. The molecule has 5 heteroatoms. The molecule has 1 aliphatic heterocycles. The quantitative estimate of drug-likeness (QED) is 0.832. The molecule has 0 spiro atoms. The average molecular weight is 346 g/mol. The molecule has 5 nitrogen and oxygen atoms in total. The summed E-state index contributed by atoms with van der Waals surface area (Å²) in [7, 11) is 0. The fraction of sp³-hybridized carbons (Fsp3) is 0.600. The van der Waals surface area contributed by atoms with E-state index in [1.165, 1.54) is 0 Å². The summed E-state index contributed by atoms with van der Waals surface area (Å²) in [6.07, 6.45) is 1.99. The second-order valence-corrected chi connectivity index (χ2v) is 7.75. The molecule has 138 valence electrons. The van der Waals surface area contributed by atoms with Crippen LogP contribution in [0.4, 0.5) is 0 Å². The first-order chi connectivity index (χ1) is 11.8. The number of nitrogens with one attached hydrogen (secondary N) is 2. The van der Waals surface area contributed by atoms with Crippen molar-refractivity contribution in [1.82, 2.24) is 10.6 Å². The molecule has 2 amide bonds. The normalized spacial score (nSPS) is 20.3. The molecule has 0 aliphatic carbocycles. The van der Waals surface area contributed by atoms with Crippen molar-refractivity contribution < 1.29 is 14.3 Å². The molecule has 0 unspecified atom stereocenters. The Bertz CT molecular complexity index is 607. The minimum absolute atomic E-state index is 0.0587. The highest BCUT2D eigenvalue weighted by Gasteiger charge is 2.37. The number of rotatable bonds is 6. The van der Waals surface area contributed by atoms with Gasteiger partial charge in [0, 0.05) is 36.7 Å². The molecule has 1 aliphatic rings. The van der Waals surface area contributed by atoms with E-state index in [4.69, 9.17) is 4.74 Å². The Balaban J connectivity index is 1.96. The monoisotopic (exact) mass is 346 g/mol. The third kappa shape index (κ3) is 5.30. The van der Waals surface area contributed by atoms with E-state index >= 15 is 0 Å². The van der Waals surface area contributed by atoms with Gasteiger partial charge in [-0.1, -0.05) is 33.8 Å². The van der Waals surface area contributed by atoms with Crippen LogP contribution in [0.2, 0.25) is 0 Å². The van der Waals surface area contributed by atoms with Crippen LogP contribution in [0.5, 0.6) is 0 Å². The molecule has 0 radical (unpaired) electrons. The summed E-state index contributed by atoms with van der Waals surface area (Å²) in [5.74, 6) is 0.0261. The van der Waals surface area contributed by atoms with Gasteiger partial charge in [0.15, 0.2) is 0 Å². The highest BCUT2D eigenvalue weighted by molar-refractivity contribution is 5.99. The molecular weight excluding hydrogens is 316 g/mol. The van der Waals surface area contributed by atoms with Crippen molar-refractivity contribution in [2.24, 2.45) is 11.3 Å². The molecule has 1 saturated heterocycles. The summed E-state index contributed by atoms with van der Waals surface area (Å²) in [5.41, 5.74) is 1.08. The van der Waals surface area contributed by atoms with Gasteiger partial charge in [-0.15, -0.1) is 0 Å². The van der Waals surface area contributed by atoms with Crippen LogP contribution in [0, 0.1) is 11.3 Å². The van der Waals surface area contributed by atoms with Crippen molar-refractivity contribution in [1.29, 1.82) is 0 Å². The van der Waals surface area contributed by atoms with E-state index in [1.807, 2.05) is 6.92 Å². The maximum atomic E-state index is 12.5. The molecule has 0 bridgehead atoms. The molecule has 0 saturated carbocycles. The van der Waals surface area contributed by atoms with Crippen LogP contribution in [0.3, 0.4) is 0 Å². The number of carbonyl (C=O) groups excluding carboxylic acids is 2. The minimum Gasteiger partial charge on any atom is -0.377 e. The molecule has 1 heterocycles.